The van der Waals surface area contributed by atoms with E-state index in [9.17, 15) is 4.39 Å². The molecule has 2 N–H and O–H groups in total. The Bertz CT molecular complexity index is 323. The topological polar surface area (TPSA) is 26.0 Å². The Labute approximate surface area is 90.5 Å². The zero-order valence-electron chi connectivity index (χ0n) is 9.17. The Morgan fingerprint density at radius 1 is 1.20 bits per heavy atom. The average Bonchev–Trinajstić information content (AvgIpc) is 2.69. The third kappa shape index (κ3) is 1.73. The Kier molecular flexibility index (Phi) is 2.68. The maximum atomic E-state index is 13.8. The summed E-state index contributed by atoms with van der Waals surface area (Å²) in [6, 6.07) is 7.71. The van der Waals surface area contributed by atoms with E-state index in [4.69, 9.17) is 5.73 Å². The molecular formula is C13H18FN. The fourth-order valence-corrected chi connectivity index (χ4v) is 2.74. The van der Waals surface area contributed by atoms with Crippen molar-refractivity contribution in [3.8, 4) is 0 Å². The van der Waals surface area contributed by atoms with Crippen LogP contribution in [-0.4, -0.2) is 6.17 Å². The molecule has 1 aromatic rings. The van der Waals surface area contributed by atoms with Crippen LogP contribution in [0.5, 0.6) is 0 Å². The molecular weight excluding hydrogens is 189 g/mol. The summed E-state index contributed by atoms with van der Waals surface area (Å²) in [5.74, 6) is 0. The van der Waals surface area contributed by atoms with Gasteiger partial charge in [-0.3, -0.25) is 0 Å². The molecule has 1 unspecified atom stereocenters. The van der Waals surface area contributed by atoms with Gasteiger partial charge in [0.25, 0.3) is 0 Å². The van der Waals surface area contributed by atoms with Crippen LogP contribution >= 0.6 is 0 Å². The first-order valence-electron chi connectivity index (χ1n) is 5.65. The minimum Gasteiger partial charge on any atom is -0.399 e. The van der Waals surface area contributed by atoms with Gasteiger partial charge in [-0.1, -0.05) is 25.0 Å². The van der Waals surface area contributed by atoms with E-state index in [-0.39, 0.29) is 5.41 Å². The summed E-state index contributed by atoms with van der Waals surface area (Å²) >= 11 is 0. The van der Waals surface area contributed by atoms with Crippen LogP contribution in [0.1, 0.15) is 38.2 Å². The first-order valence-corrected chi connectivity index (χ1v) is 5.65. The third-order valence-electron chi connectivity index (χ3n) is 3.74. The maximum absolute atomic E-state index is 13.8. The molecule has 0 spiro atoms. The Morgan fingerprint density at radius 3 is 2.20 bits per heavy atom. The highest BCUT2D eigenvalue weighted by Crippen LogP contribution is 2.45. The van der Waals surface area contributed by atoms with E-state index in [1.807, 2.05) is 24.3 Å². The van der Waals surface area contributed by atoms with Crippen molar-refractivity contribution in [3.63, 3.8) is 0 Å². The number of hydrogen-bond donors (Lipinski definition) is 1. The summed E-state index contributed by atoms with van der Waals surface area (Å²) in [7, 11) is 0. The summed E-state index contributed by atoms with van der Waals surface area (Å²) in [5, 5.41) is 0. The Balaban J connectivity index is 2.36. The molecule has 0 amide bonds. The van der Waals surface area contributed by atoms with Gasteiger partial charge in [0.1, 0.15) is 6.17 Å². The van der Waals surface area contributed by atoms with Crippen LogP contribution < -0.4 is 5.73 Å². The summed E-state index contributed by atoms with van der Waals surface area (Å²) < 4.78 is 13.8. The van der Waals surface area contributed by atoms with Gasteiger partial charge < -0.3 is 5.73 Å². The standard InChI is InChI=1S/C13H18FN/c1-10(14)13(8-2-3-9-13)11-4-6-12(15)7-5-11/h4-7,10H,2-3,8-9,15H2,1H3. The van der Waals surface area contributed by atoms with Gasteiger partial charge in [-0.25, -0.2) is 4.39 Å². The summed E-state index contributed by atoms with van der Waals surface area (Å²) in [4.78, 5) is 0. The molecule has 1 aromatic carbocycles. The fourth-order valence-electron chi connectivity index (χ4n) is 2.74. The lowest BCUT2D eigenvalue weighted by atomic mass is 9.75. The second-order valence-corrected chi connectivity index (χ2v) is 4.60. The molecule has 0 aromatic heterocycles. The van der Waals surface area contributed by atoms with Crippen molar-refractivity contribution in [2.45, 2.75) is 44.2 Å². The van der Waals surface area contributed by atoms with Gasteiger partial charge in [0.2, 0.25) is 0 Å². The number of nitrogens with two attached hydrogens (primary N) is 1. The fraction of sp³-hybridized carbons (Fsp3) is 0.538. The van der Waals surface area contributed by atoms with Crippen LogP contribution in [0.2, 0.25) is 0 Å². The van der Waals surface area contributed by atoms with Gasteiger partial charge in [0, 0.05) is 11.1 Å². The van der Waals surface area contributed by atoms with Crippen molar-refractivity contribution in [2.75, 3.05) is 5.73 Å². The van der Waals surface area contributed by atoms with E-state index in [0.717, 1.165) is 36.9 Å². The molecule has 2 rings (SSSR count). The van der Waals surface area contributed by atoms with E-state index in [2.05, 4.69) is 0 Å². The highest BCUT2D eigenvalue weighted by atomic mass is 19.1. The predicted octanol–water partition coefficient (Wildman–Crippen LogP) is 3.44. The molecule has 0 aliphatic heterocycles. The monoisotopic (exact) mass is 207 g/mol. The molecule has 1 saturated carbocycles. The maximum Gasteiger partial charge on any atom is 0.107 e. The highest BCUT2D eigenvalue weighted by molar-refractivity contribution is 5.42. The number of rotatable bonds is 2. The molecule has 0 bridgehead atoms. The number of halogens is 1. The Hall–Kier alpha value is -1.05. The zero-order chi connectivity index (χ0) is 10.9. The van der Waals surface area contributed by atoms with Crippen LogP contribution in [0, 0.1) is 0 Å². The molecule has 1 atom stereocenters. The van der Waals surface area contributed by atoms with Crippen molar-refractivity contribution in [3.05, 3.63) is 29.8 Å². The van der Waals surface area contributed by atoms with E-state index < -0.39 is 6.17 Å². The lowest BCUT2D eigenvalue weighted by Gasteiger charge is -2.31. The summed E-state index contributed by atoms with van der Waals surface area (Å²) in [6.07, 6.45) is 3.43. The molecule has 1 aliphatic rings. The van der Waals surface area contributed by atoms with Crippen molar-refractivity contribution in [2.24, 2.45) is 0 Å². The molecule has 15 heavy (non-hydrogen) atoms. The zero-order valence-corrected chi connectivity index (χ0v) is 9.17. The van der Waals surface area contributed by atoms with Gasteiger partial charge in [0.15, 0.2) is 0 Å². The van der Waals surface area contributed by atoms with Crippen molar-refractivity contribution < 1.29 is 4.39 Å². The molecule has 1 fully saturated rings. The first kappa shape index (κ1) is 10.5. The highest BCUT2D eigenvalue weighted by Gasteiger charge is 2.40. The largest absolute Gasteiger partial charge is 0.399 e. The average molecular weight is 207 g/mol. The lowest BCUT2D eigenvalue weighted by molar-refractivity contribution is 0.206. The summed E-state index contributed by atoms with van der Waals surface area (Å²) in [5.41, 5.74) is 7.27. The SMILES string of the molecule is CC(F)C1(c2ccc(N)cc2)CCCC1. The van der Waals surface area contributed by atoms with Gasteiger partial charge in [-0.2, -0.15) is 0 Å². The normalized spacial score (nSPS) is 21.5. The van der Waals surface area contributed by atoms with Gasteiger partial charge in [-0.05, 0) is 37.5 Å². The minimum atomic E-state index is -0.774. The smallest absolute Gasteiger partial charge is 0.107 e. The number of benzene rings is 1. The van der Waals surface area contributed by atoms with E-state index >= 15 is 0 Å². The number of hydrogen-bond acceptors (Lipinski definition) is 1. The molecule has 2 heteroatoms. The van der Waals surface area contributed by atoms with Crippen LogP contribution in [0.4, 0.5) is 10.1 Å². The quantitative estimate of drug-likeness (QED) is 0.739. The molecule has 0 radical (unpaired) electrons. The van der Waals surface area contributed by atoms with Gasteiger partial charge in [-0.15, -0.1) is 0 Å². The first-order chi connectivity index (χ1) is 7.15. The van der Waals surface area contributed by atoms with E-state index in [0.29, 0.717) is 0 Å². The number of anilines is 1. The van der Waals surface area contributed by atoms with Crippen molar-refractivity contribution >= 4 is 5.69 Å². The van der Waals surface area contributed by atoms with Crippen molar-refractivity contribution in [1.29, 1.82) is 0 Å². The number of alkyl halides is 1. The molecule has 1 nitrogen and oxygen atoms in total. The van der Waals surface area contributed by atoms with Crippen molar-refractivity contribution in [1.82, 2.24) is 0 Å². The van der Waals surface area contributed by atoms with Crippen LogP contribution in [-0.2, 0) is 5.41 Å². The third-order valence-corrected chi connectivity index (χ3v) is 3.74. The van der Waals surface area contributed by atoms with E-state index in [1.165, 1.54) is 0 Å². The summed E-state index contributed by atoms with van der Waals surface area (Å²) in [6.45, 7) is 1.68. The van der Waals surface area contributed by atoms with E-state index in [1.54, 1.807) is 6.92 Å². The second kappa shape index (κ2) is 3.84. The minimum absolute atomic E-state index is 0.242. The van der Waals surface area contributed by atoms with Crippen LogP contribution in [0.25, 0.3) is 0 Å². The van der Waals surface area contributed by atoms with Gasteiger partial charge in [0.05, 0.1) is 0 Å². The molecule has 1 aliphatic carbocycles. The van der Waals surface area contributed by atoms with Crippen LogP contribution in [0.15, 0.2) is 24.3 Å². The Morgan fingerprint density at radius 2 is 1.73 bits per heavy atom. The number of nitrogen functional groups attached to an aromatic ring is 1. The molecule has 0 saturated heterocycles. The molecule has 0 heterocycles. The molecule has 82 valence electrons. The van der Waals surface area contributed by atoms with Gasteiger partial charge >= 0.3 is 0 Å². The van der Waals surface area contributed by atoms with Crippen LogP contribution in [0.3, 0.4) is 0 Å². The predicted molar refractivity (Wildman–Crippen MR) is 61.6 cm³/mol. The lowest BCUT2D eigenvalue weighted by Crippen LogP contribution is -2.31. The second-order valence-electron chi connectivity index (χ2n) is 4.60.